The molecule has 2 aromatic heterocycles. The summed E-state index contributed by atoms with van der Waals surface area (Å²) in [7, 11) is 0. The van der Waals surface area contributed by atoms with Crippen LogP contribution in [0.3, 0.4) is 0 Å². The van der Waals surface area contributed by atoms with E-state index < -0.39 is 0 Å². The molecule has 7 heteroatoms. The molecule has 4 rings (SSSR count). The fourth-order valence-electron chi connectivity index (χ4n) is 2.58. The van der Waals surface area contributed by atoms with Crippen molar-refractivity contribution in [1.82, 2.24) is 19.9 Å². The van der Waals surface area contributed by atoms with Gasteiger partial charge in [-0.25, -0.2) is 9.97 Å². The molecule has 0 aliphatic rings. The van der Waals surface area contributed by atoms with Crippen molar-refractivity contribution < 1.29 is 0 Å². The van der Waals surface area contributed by atoms with Gasteiger partial charge in [-0.05, 0) is 37.3 Å². The van der Waals surface area contributed by atoms with E-state index in [2.05, 4.69) is 25.8 Å². The highest BCUT2D eigenvalue weighted by Gasteiger charge is 2.09. The molecular weight excluding hydrogens is 336 g/mol. The summed E-state index contributed by atoms with van der Waals surface area (Å²) in [5.74, 6) is 1.49. The van der Waals surface area contributed by atoms with Gasteiger partial charge in [-0.3, -0.25) is 5.43 Å². The molecule has 0 bridgehead atoms. The van der Waals surface area contributed by atoms with Gasteiger partial charge >= 0.3 is 0 Å². The lowest BCUT2D eigenvalue weighted by molar-refractivity contribution is 0.798. The van der Waals surface area contributed by atoms with E-state index in [-0.39, 0.29) is 0 Å². The molecule has 124 valence electrons. The SMILES string of the molecule is Cc1cc(Nc2ncnc3ccccc23)n(Nc2cccc(Cl)c2)n1. The number of rotatable bonds is 4. The van der Waals surface area contributed by atoms with Crippen LogP contribution in [0.5, 0.6) is 0 Å². The van der Waals surface area contributed by atoms with Crippen molar-refractivity contribution in [2.75, 3.05) is 10.7 Å². The average molecular weight is 351 g/mol. The van der Waals surface area contributed by atoms with Crippen LogP contribution >= 0.6 is 11.6 Å². The maximum Gasteiger partial charge on any atom is 0.153 e. The van der Waals surface area contributed by atoms with Crippen LogP contribution in [0.1, 0.15) is 5.69 Å². The normalized spacial score (nSPS) is 10.8. The van der Waals surface area contributed by atoms with Crippen LogP contribution < -0.4 is 10.7 Å². The monoisotopic (exact) mass is 350 g/mol. The number of benzene rings is 2. The molecule has 0 fully saturated rings. The van der Waals surface area contributed by atoms with Crippen molar-refractivity contribution in [3.63, 3.8) is 0 Å². The number of para-hydroxylation sites is 1. The van der Waals surface area contributed by atoms with E-state index in [9.17, 15) is 0 Å². The highest BCUT2D eigenvalue weighted by Crippen LogP contribution is 2.24. The summed E-state index contributed by atoms with van der Waals surface area (Å²) in [4.78, 5) is 10.3. The van der Waals surface area contributed by atoms with Gasteiger partial charge in [-0.15, -0.1) is 0 Å². The zero-order chi connectivity index (χ0) is 17.2. The Morgan fingerprint density at radius 2 is 1.88 bits per heavy atom. The van der Waals surface area contributed by atoms with Crippen LogP contribution in [0.15, 0.2) is 60.9 Å². The second-order valence-corrected chi connectivity index (χ2v) is 6.01. The van der Waals surface area contributed by atoms with Crippen molar-refractivity contribution in [1.29, 1.82) is 0 Å². The Kier molecular flexibility index (Phi) is 3.95. The summed E-state index contributed by atoms with van der Waals surface area (Å²) in [6.07, 6.45) is 1.54. The van der Waals surface area contributed by atoms with E-state index in [1.165, 1.54) is 0 Å². The number of halogens is 1. The Morgan fingerprint density at radius 3 is 2.76 bits per heavy atom. The van der Waals surface area contributed by atoms with E-state index >= 15 is 0 Å². The van der Waals surface area contributed by atoms with Crippen LogP contribution in [-0.4, -0.2) is 19.9 Å². The molecule has 0 atom stereocenters. The van der Waals surface area contributed by atoms with E-state index in [0.717, 1.165) is 33.9 Å². The molecule has 0 saturated carbocycles. The van der Waals surface area contributed by atoms with Crippen molar-refractivity contribution in [3.8, 4) is 0 Å². The zero-order valence-corrected chi connectivity index (χ0v) is 14.2. The van der Waals surface area contributed by atoms with Crippen LogP contribution in [0.2, 0.25) is 5.02 Å². The average Bonchev–Trinajstić information content (AvgIpc) is 2.94. The summed E-state index contributed by atoms with van der Waals surface area (Å²) in [5.41, 5.74) is 5.81. The van der Waals surface area contributed by atoms with E-state index in [1.807, 2.05) is 61.5 Å². The minimum atomic E-state index is 0.658. The summed E-state index contributed by atoms with van der Waals surface area (Å²) in [5, 5.41) is 9.39. The van der Waals surface area contributed by atoms with Gasteiger partial charge in [0.25, 0.3) is 0 Å². The second-order valence-electron chi connectivity index (χ2n) is 5.57. The first-order valence-electron chi connectivity index (χ1n) is 7.75. The van der Waals surface area contributed by atoms with Crippen LogP contribution in [0.4, 0.5) is 17.3 Å². The number of hydrogen-bond acceptors (Lipinski definition) is 5. The number of fused-ring (bicyclic) bond motifs is 1. The smallest absolute Gasteiger partial charge is 0.153 e. The van der Waals surface area contributed by atoms with Gasteiger partial charge < -0.3 is 5.32 Å². The fraction of sp³-hybridized carbons (Fsp3) is 0.0556. The maximum absolute atomic E-state index is 6.05. The molecular formula is C18H15ClN6. The lowest BCUT2D eigenvalue weighted by Crippen LogP contribution is -2.14. The van der Waals surface area contributed by atoms with Gasteiger partial charge in [0.2, 0.25) is 0 Å². The molecule has 0 radical (unpaired) electrons. The molecule has 0 aliphatic carbocycles. The molecule has 2 aromatic carbocycles. The molecule has 0 amide bonds. The van der Waals surface area contributed by atoms with E-state index in [0.29, 0.717) is 5.02 Å². The Balaban J connectivity index is 1.69. The van der Waals surface area contributed by atoms with Crippen LogP contribution in [0.25, 0.3) is 10.9 Å². The van der Waals surface area contributed by atoms with Crippen LogP contribution in [-0.2, 0) is 0 Å². The standard InChI is InChI=1S/C18H15ClN6/c1-12-9-17(25(23-12)24-14-6-4-5-13(19)10-14)22-18-15-7-2-3-8-16(15)20-11-21-18/h2-11,24H,1H3,(H,20,21,22). The Labute approximate surface area is 149 Å². The summed E-state index contributed by atoms with van der Waals surface area (Å²) < 4.78 is 0. The Morgan fingerprint density at radius 1 is 1.00 bits per heavy atom. The van der Waals surface area contributed by atoms with Crippen molar-refractivity contribution in [2.24, 2.45) is 0 Å². The third-order valence-corrected chi connectivity index (χ3v) is 3.92. The van der Waals surface area contributed by atoms with E-state index in [1.54, 1.807) is 11.1 Å². The fourth-order valence-corrected chi connectivity index (χ4v) is 2.77. The first kappa shape index (κ1) is 15.4. The van der Waals surface area contributed by atoms with Crippen molar-refractivity contribution in [2.45, 2.75) is 6.92 Å². The largest absolute Gasteiger partial charge is 0.323 e. The van der Waals surface area contributed by atoms with Crippen molar-refractivity contribution in [3.05, 3.63) is 71.6 Å². The molecule has 6 nitrogen and oxygen atoms in total. The maximum atomic E-state index is 6.05. The molecule has 4 aromatic rings. The zero-order valence-electron chi connectivity index (χ0n) is 13.4. The summed E-state index contributed by atoms with van der Waals surface area (Å²) in [6, 6.07) is 17.3. The highest BCUT2D eigenvalue weighted by atomic mass is 35.5. The Bertz CT molecular complexity index is 1040. The summed E-state index contributed by atoms with van der Waals surface area (Å²) >= 11 is 6.05. The number of nitrogens with one attached hydrogen (secondary N) is 2. The quantitative estimate of drug-likeness (QED) is 0.570. The van der Waals surface area contributed by atoms with Gasteiger partial charge in [0.1, 0.15) is 12.1 Å². The molecule has 0 spiro atoms. The minimum absolute atomic E-state index is 0.658. The number of hydrogen-bond donors (Lipinski definition) is 2. The lowest BCUT2D eigenvalue weighted by atomic mass is 10.2. The van der Waals surface area contributed by atoms with Gasteiger partial charge in [0.15, 0.2) is 5.82 Å². The van der Waals surface area contributed by atoms with E-state index in [4.69, 9.17) is 11.6 Å². The topological polar surface area (TPSA) is 67.7 Å². The molecule has 0 saturated heterocycles. The van der Waals surface area contributed by atoms with Gasteiger partial charge in [-0.2, -0.15) is 9.89 Å². The predicted molar refractivity (Wildman–Crippen MR) is 100 cm³/mol. The molecule has 2 heterocycles. The third-order valence-electron chi connectivity index (χ3n) is 3.68. The number of nitrogens with zero attached hydrogens (tertiary/aromatic N) is 4. The molecule has 0 unspecified atom stereocenters. The molecule has 0 aliphatic heterocycles. The first-order valence-corrected chi connectivity index (χ1v) is 8.13. The lowest BCUT2D eigenvalue weighted by Gasteiger charge is -2.12. The Hall–Kier alpha value is -3.12. The highest BCUT2D eigenvalue weighted by molar-refractivity contribution is 6.30. The molecule has 25 heavy (non-hydrogen) atoms. The first-order chi connectivity index (χ1) is 12.2. The predicted octanol–water partition coefficient (Wildman–Crippen LogP) is 4.41. The molecule has 2 N–H and O–H groups in total. The summed E-state index contributed by atoms with van der Waals surface area (Å²) in [6.45, 7) is 1.93. The van der Waals surface area contributed by atoms with Crippen LogP contribution in [0, 0.1) is 6.92 Å². The van der Waals surface area contributed by atoms with Crippen molar-refractivity contribution >= 4 is 39.8 Å². The van der Waals surface area contributed by atoms with Gasteiger partial charge in [0.05, 0.1) is 16.9 Å². The van der Waals surface area contributed by atoms with Gasteiger partial charge in [0, 0.05) is 16.5 Å². The third kappa shape index (κ3) is 3.25. The minimum Gasteiger partial charge on any atom is -0.323 e. The number of aromatic nitrogens is 4. The number of aryl methyl sites for hydroxylation is 1. The number of anilines is 3. The second kappa shape index (κ2) is 6.41. The van der Waals surface area contributed by atoms with Gasteiger partial charge in [-0.1, -0.05) is 29.8 Å².